The number of hydrogen-bond donors (Lipinski definition) is 2. The molecular weight excluding hydrogens is 427 g/mol. The summed E-state index contributed by atoms with van der Waals surface area (Å²) in [7, 11) is 1.69. The summed E-state index contributed by atoms with van der Waals surface area (Å²) in [5, 5.41) is 6.86. The molecule has 25 heavy (non-hydrogen) atoms. The van der Waals surface area contributed by atoms with Crippen LogP contribution in [0.1, 0.15) is 32.3 Å². The van der Waals surface area contributed by atoms with Crippen LogP contribution in [0.2, 0.25) is 0 Å². The molecular formula is C19H33IN4O. The van der Waals surface area contributed by atoms with Crippen molar-refractivity contribution in [2.24, 2.45) is 10.9 Å². The Labute approximate surface area is 169 Å². The van der Waals surface area contributed by atoms with Gasteiger partial charge in [-0.3, -0.25) is 0 Å². The molecule has 5 nitrogen and oxygen atoms in total. The predicted molar refractivity (Wildman–Crippen MR) is 116 cm³/mol. The first-order valence-electron chi connectivity index (χ1n) is 9.12. The number of halogens is 1. The largest absolute Gasteiger partial charge is 0.497 e. The van der Waals surface area contributed by atoms with Crippen LogP contribution in [0.3, 0.4) is 0 Å². The smallest absolute Gasteiger partial charge is 0.191 e. The molecule has 1 heterocycles. The van der Waals surface area contributed by atoms with Gasteiger partial charge in [0.1, 0.15) is 5.75 Å². The van der Waals surface area contributed by atoms with Crippen molar-refractivity contribution in [3.63, 3.8) is 0 Å². The summed E-state index contributed by atoms with van der Waals surface area (Å²) in [4.78, 5) is 7.24. The minimum absolute atomic E-state index is 0. The minimum Gasteiger partial charge on any atom is -0.497 e. The van der Waals surface area contributed by atoms with Gasteiger partial charge in [-0.15, -0.1) is 24.0 Å². The quantitative estimate of drug-likeness (QED) is 0.373. The van der Waals surface area contributed by atoms with E-state index in [1.54, 1.807) is 7.11 Å². The molecule has 0 aromatic heterocycles. The average Bonchev–Trinajstić information content (AvgIpc) is 2.64. The molecule has 0 radical (unpaired) electrons. The Balaban J connectivity index is 0.00000312. The maximum absolute atomic E-state index is 5.19. The number of nitrogens with zero attached hydrogens (tertiary/aromatic N) is 2. The van der Waals surface area contributed by atoms with Gasteiger partial charge in [0.15, 0.2) is 5.96 Å². The maximum Gasteiger partial charge on any atom is 0.191 e. The van der Waals surface area contributed by atoms with E-state index in [1.807, 2.05) is 12.1 Å². The third-order valence-electron chi connectivity index (χ3n) is 4.53. The average molecular weight is 460 g/mol. The number of hydrogen-bond acceptors (Lipinski definition) is 3. The number of aliphatic imine (C=N–C) groups is 1. The normalized spacial score (nSPS) is 18.4. The molecule has 6 heteroatoms. The molecule has 0 amide bonds. The van der Waals surface area contributed by atoms with Gasteiger partial charge in [-0.25, -0.2) is 4.99 Å². The second-order valence-electron chi connectivity index (χ2n) is 6.33. The number of benzene rings is 1. The molecule has 1 fully saturated rings. The minimum atomic E-state index is 0. The summed E-state index contributed by atoms with van der Waals surface area (Å²) in [5.74, 6) is 2.50. The fraction of sp³-hybridized carbons (Fsp3) is 0.632. The van der Waals surface area contributed by atoms with Crippen molar-refractivity contribution in [3.8, 4) is 5.75 Å². The Morgan fingerprint density at radius 1 is 1.24 bits per heavy atom. The van der Waals surface area contributed by atoms with E-state index in [4.69, 9.17) is 9.73 Å². The van der Waals surface area contributed by atoms with Crippen LogP contribution in [0.5, 0.6) is 5.75 Å². The number of likely N-dealkylation sites (tertiary alicyclic amines) is 1. The lowest BCUT2D eigenvalue weighted by Gasteiger charge is -2.32. The van der Waals surface area contributed by atoms with E-state index in [1.165, 1.54) is 31.5 Å². The van der Waals surface area contributed by atoms with Gasteiger partial charge in [-0.2, -0.15) is 0 Å². The zero-order valence-electron chi connectivity index (χ0n) is 15.8. The van der Waals surface area contributed by atoms with Gasteiger partial charge in [0, 0.05) is 19.6 Å². The van der Waals surface area contributed by atoms with Crippen LogP contribution in [0.4, 0.5) is 0 Å². The lowest BCUT2D eigenvalue weighted by Crippen LogP contribution is -2.44. The van der Waals surface area contributed by atoms with Gasteiger partial charge in [0.2, 0.25) is 0 Å². The van der Waals surface area contributed by atoms with E-state index in [0.717, 1.165) is 31.3 Å². The summed E-state index contributed by atoms with van der Waals surface area (Å²) in [6.07, 6.45) is 2.61. The van der Waals surface area contributed by atoms with E-state index in [2.05, 4.69) is 41.5 Å². The first-order chi connectivity index (χ1) is 11.7. The van der Waals surface area contributed by atoms with Crippen LogP contribution in [-0.2, 0) is 6.54 Å². The molecule has 1 unspecified atom stereocenters. The van der Waals surface area contributed by atoms with E-state index in [-0.39, 0.29) is 24.0 Å². The SMILES string of the molecule is CCNC(=NCc1ccc(OC)cc1)NCC1CCCN(CC)C1.I. The highest BCUT2D eigenvalue weighted by Crippen LogP contribution is 2.15. The van der Waals surface area contributed by atoms with E-state index < -0.39 is 0 Å². The van der Waals surface area contributed by atoms with Crippen LogP contribution in [-0.4, -0.2) is 50.7 Å². The molecule has 1 atom stereocenters. The highest BCUT2D eigenvalue weighted by Gasteiger charge is 2.18. The molecule has 0 bridgehead atoms. The van der Waals surface area contributed by atoms with E-state index in [9.17, 15) is 0 Å². The first-order valence-corrected chi connectivity index (χ1v) is 9.12. The number of piperidine rings is 1. The van der Waals surface area contributed by atoms with Gasteiger partial charge < -0.3 is 20.3 Å². The standard InChI is InChI=1S/C19H32N4O.HI/c1-4-20-19(21-13-16-8-10-18(24-3)11-9-16)22-14-17-7-6-12-23(5-2)15-17;/h8-11,17H,4-7,12-15H2,1-3H3,(H2,20,21,22);1H. The molecule has 1 aromatic carbocycles. The summed E-state index contributed by atoms with van der Waals surface area (Å²) in [5.41, 5.74) is 1.18. The number of ether oxygens (including phenoxy) is 1. The molecule has 2 rings (SSSR count). The zero-order chi connectivity index (χ0) is 17.2. The van der Waals surface area contributed by atoms with Gasteiger partial charge in [0.25, 0.3) is 0 Å². The maximum atomic E-state index is 5.19. The van der Waals surface area contributed by atoms with Crippen LogP contribution >= 0.6 is 24.0 Å². The van der Waals surface area contributed by atoms with Crippen molar-refractivity contribution >= 4 is 29.9 Å². The third-order valence-corrected chi connectivity index (χ3v) is 4.53. The summed E-state index contributed by atoms with van der Waals surface area (Å²) in [6, 6.07) is 8.08. The summed E-state index contributed by atoms with van der Waals surface area (Å²) < 4.78 is 5.19. The molecule has 0 spiro atoms. The lowest BCUT2D eigenvalue weighted by atomic mass is 9.98. The van der Waals surface area contributed by atoms with Crippen molar-refractivity contribution in [2.75, 3.05) is 39.8 Å². The van der Waals surface area contributed by atoms with Crippen LogP contribution in [0.15, 0.2) is 29.3 Å². The molecule has 1 aliphatic rings. The molecule has 0 aliphatic carbocycles. The molecule has 1 aromatic rings. The third kappa shape index (κ3) is 7.81. The predicted octanol–water partition coefficient (Wildman–Crippen LogP) is 3.10. The van der Waals surface area contributed by atoms with Crippen molar-refractivity contribution in [2.45, 2.75) is 33.2 Å². The van der Waals surface area contributed by atoms with Gasteiger partial charge in [-0.05, 0) is 56.5 Å². The van der Waals surface area contributed by atoms with Crippen LogP contribution in [0, 0.1) is 5.92 Å². The topological polar surface area (TPSA) is 48.9 Å². The molecule has 1 saturated heterocycles. The van der Waals surface area contributed by atoms with Crippen molar-refractivity contribution in [3.05, 3.63) is 29.8 Å². The Bertz CT molecular complexity index is 507. The number of rotatable bonds is 7. The summed E-state index contributed by atoms with van der Waals surface area (Å²) >= 11 is 0. The Morgan fingerprint density at radius 2 is 2.00 bits per heavy atom. The highest BCUT2D eigenvalue weighted by atomic mass is 127. The van der Waals surface area contributed by atoms with Crippen molar-refractivity contribution < 1.29 is 4.74 Å². The summed E-state index contributed by atoms with van der Waals surface area (Å²) in [6.45, 7) is 10.5. The molecule has 142 valence electrons. The molecule has 1 aliphatic heterocycles. The van der Waals surface area contributed by atoms with E-state index in [0.29, 0.717) is 12.5 Å². The lowest BCUT2D eigenvalue weighted by molar-refractivity contribution is 0.183. The first kappa shape index (κ1) is 22.0. The molecule has 2 N–H and O–H groups in total. The number of nitrogens with one attached hydrogen (secondary N) is 2. The van der Waals surface area contributed by atoms with Gasteiger partial charge in [0.05, 0.1) is 13.7 Å². The van der Waals surface area contributed by atoms with E-state index >= 15 is 0 Å². The number of guanidine groups is 1. The van der Waals surface area contributed by atoms with Gasteiger partial charge >= 0.3 is 0 Å². The van der Waals surface area contributed by atoms with Crippen molar-refractivity contribution in [1.82, 2.24) is 15.5 Å². The fourth-order valence-corrected chi connectivity index (χ4v) is 3.09. The van der Waals surface area contributed by atoms with Crippen LogP contribution in [0.25, 0.3) is 0 Å². The Morgan fingerprint density at radius 3 is 2.64 bits per heavy atom. The monoisotopic (exact) mass is 460 g/mol. The Kier molecular flexibility index (Phi) is 10.9. The second kappa shape index (κ2) is 12.4. The fourth-order valence-electron chi connectivity index (χ4n) is 3.09. The highest BCUT2D eigenvalue weighted by molar-refractivity contribution is 14.0. The van der Waals surface area contributed by atoms with Gasteiger partial charge in [-0.1, -0.05) is 19.1 Å². The van der Waals surface area contributed by atoms with Crippen molar-refractivity contribution in [1.29, 1.82) is 0 Å². The second-order valence-corrected chi connectivity index (χ2v) is 6.33. The zero-order valence-corrected chi connectivity index (χ0v) is 18.1. The number of methoxy groups -OCH3 is 1. The Hall–Kier alpha value is -1.02. The van der Waals surface area contributed by atoms with Crippen LogP contribution < -0.4 is 15.4 Å². The molecule has 0 saturated carbocycles.